The highest BCUT2D eigenvalue weighted by Gasteiger charge is 2.23. The normalized spacial score (nSPS) is 27.6. The van der Waals surface area contributed by atoms with Crippen LogP contribution in [-0.4, -0.2) is 49.8 Å². The molecule has 1 unspecified atom stereocenters. The molecule has 1 saturated carbocycles. The summed E-state index contributed by atoms with van der Waals surface area (Å²) in [5, 5.41) is 3.53. The van der Waals surface area contributed by atoms with Gasteiger partial charge in [-0.3, -0.25) is 4.90 Å². The average molecular weight is 226 g/mol. The predicted molar refractivity (Wildman–Crippen MR) is 66.7 cm³/mol. The molecule has 2 aliphatic rings. The van der Waals surface area contributed by atoms with Gasteiger partial charge in [0.05, 0.1) is 12.7 Å². The second-order valence-electron chi connectivity index (χ2n) is 5.52. The van der Waals surface area contributed by atoms with Gasteiger partial charge in [-0.1, -0.05) is 12.8 Å². The molecule has 1 N–H and O–H groups in total. The second-order valence-corrected chi connectivity index (χ2v) is 5.52. The standard InChI is InChI=1S/C13H26N2O/c1-11(2)15-7-8-16-13(10-15)9-14-6-5-12-3-4-12/h11-14H,3-10H2,1-2H3. The summed E-state index contributed by atoms with van der Waals surface area (Å²) in [5.41, 5.74) is 0. The van der Waals surface area contributed by atoms with Gasteiger partial charge in [-0.2, -0.15) is 0 Å². The van der Waals surface area contributed by atoms with Crippen molar-refractivity contribution in [1.82, 2.24) is 10.2 Å². The average Bonchev–Trinajstić information content (AvgIpc) is 3.09. The molecule has 0 aromatic heterocycles. The van der Waals surface area contributed by atoms with Crippen LogP contribution in [0, 0.1) is 5.92 Å². The molecular weight excluding hydrogens is 200 g/mol. The predicted octanol–water partition coefficient (Wildman–Crippen LogP) is 1.49. The summed E-state index contributed by atoms with van der Waals surface area (Å²) in [6.07, 6.45) is 4.68. The Morgan fingerprint density at radius 2 is 2.19 bits per heavy atom. The number of rotatable bonds is 6. The van der Waals surface area contributed by atoms with E-state index in [1.165, 1.54) is 25.8 Å². The molecule has 3 nitrogen and oxygen atoms in total. The molecule has 2 rings (SSSR count). The number of morpholine rings is 1. The van der Waals surface area contributed by atoms with E-state index >= 15 is 0 Å². The second kappa shape index (κ2) is 5.99. The van der Waals surface area contributed by atoms with Gasteiger partial charge in [-0.25, -0.2) is 0 Å². The first-order valence-electron chi connectivity index (χ1n) is 6.82. The summed E-state index contributed by atoms with van der Waals surface area (Å²) in [4.78, 5) is 2.51. The van der Waals surface area contributed by atoms with Gasteiger partial charge in [0.2, 0.25) is 0 Å². The molecule has 2 fully saturated rings. The Balaban J connectivity index is 1.56. The lowest BCUT2D eigenvalue weighted by molar-refractivity contribution is -0.0370. The number of hydrogen-bond donors (Lipinski definition) is 1. The third-order valence-electron chi connectivity index (χ3n) is 3.70. The van der Waals surface area contributed by atoms with Crippen LogP contribution in [0.2, 0.25) is 0 Å². The molecule has 16 heavy (non-hydrogen) atoms. The summed E-state index contributed by atoms with van der Waals surface area (Å²) >= 11 is 0. The molecule has 1 aliphatic heterocycles. The van der Waals surface area contributed by atoms with Crippen LogP contribution in [0.3, 0.4) is 0 Å². The Morgan fingerprint density at radius 1 is 1.38 bits per heavy atom. The van der Waals surface area contributed by atoms with E-state index in [0.29, 0.717) is 12.1 Å². The van der Waals surface area contributed by atoms with Gasteiger partial charge in [0.15, 0.2) is 0 Å². The van der Waals surface area contributed by atoms with E-state index in [0.717, 1.165) is 32.2 Å². The largest absolute Gasteiger partial charge is 0.374 e. The lowest BCUT2D eigenvalue weighted by Gasteiger charge is -2.35. The molecule has 0 radical (unpaired) electrons. The molecule has 0 bridgehead atoms. The molecule has 1 aliphatic carbocycles. The van der Waals surface area contributed by atoms with Gasteiger partial charge in [0, 0.05) is 25.7 Å². The lowest BCUT2D eigenvalue weighted by atomic mass is 10.2. The number of ether oxygens (including phenoxy) is 1. The van der Waals surface area contributed by atoms with Crippen LogP contribution in [0.1, 0.15) is 33.1 Å². The maximum absolute atomic E-state index is 5.78. The zero-order valence-corrected chi connectivity index (χ0v) is 10.7. The highest BCUT2D eigenvalue weighted by atomic mass is 16.5. The zero-order chi connectivity index (χ0) is 11.4. The first-order chi connectivity index (χ1) is 7.75. The third-order valence-corrected chi connectivity index (χ3v) is 3.70. The van der Waals surface area contributed by atoms with Crippen molar-refractivity contribution >= 4 is 0 Å². The van der Waals surface area contributed by atoms with E-state index in [2.05, 4.69) is 24.1 Å². The van der Waals surface area contributed by atoms with E-state index in [4.69, 9.17) is 4.74 Å². The third kappa shape index (κ3) is 4.04. The van der Waals surface area contributed by atoms with E-state index in [1.807, 2.05) is 0 Å². The lowest BCUT2D eigenvalue weighted by Crippen LogP contribution is -2.49. The highest BCUT2D eigenvalue weighted by Crippen LogP contribution is 2.31. The van der Waals surface area contributed by atoms with Gasteiger partial charge in [-0.05, 0) is 32.7 Å². The van der Waals surface area contributed by atoms with Crippen LogP contribution in [0.5, 0.6) is 0 Å². The van der Waals surface area contributed by atoms with Crippen molar-refractivity contribution in [2.45, 2.75) is 45.3 Å². The molecule has 1 atom stereocenters. The molecular formula is C13H26N2O. The molecule has 1 heterocycles. The smallest absolute Gasteiger partial charge is 0.0826 e. The first-order valence-corrected chi connectivity index (χ1v) is 6.82. The minimum absolute atomic E-state index is 0.398. The zero-order valence-electron chi connectivity index (χ0n) is 10.7. The van der Waals surface area contributed by atoms with Crippen LogP contribution >= 0.6 is 0 Å². The van der Waals surface area contributed by atoms with Crippen LogP contribution < -0.4 is 5.32 Å². The highest BCUT2D eigenvalue weighted by molar-refractivity contribution is 4.77. The van der Waals surface area contributed by atoms with Gasteiger partial charge >= 0.3 is 0 Å². The summed E-state index contributed by atoms with van der Waals surface area (Å²) in [5.74, 6) is 1.03. The van der Waals surface area contributed by atoms with Crippen molar-refractivity contribution < 1.29 is 4.74 Å². The van der Waals surface area contributed by atoms with Crippen LogP contribution in [0.15, 0.2) is 0 Å². The SMILES string of the molecule is CC(C)N1CCOC(CNCCC2CC2)C1. The quantitative estimate of drug-likeness (QED) is 0.694. The van der Waals surface area contributed by atoms with Crippen molar-refractivity contribution in [3.8, 4) is 0 Å². The van der Waals surface area contributed by atoms with Crippen molar-refractivity contribution in [3.63, 3.8) is 0 Å². The van der Waals surface area contributed by atoms with E-state index in [9.17, 15) is 0 Å². The van der Waals surface area contributed by atoms with Crippen molar-refractivity contribution in [3.05, 3.63) is 0 Å². The summed E-state index contributed by atoms with van der Waals surface area (Å²) < 4.78 is 5.78. The van der Waals surface area contributed by atoms with Gasteiger partial charge < -0.3 is 10.1 Å². The maximum Gasteiger partial charge on any atom is 0.0826 e. The first kappa shape index (κ1) is 12.3. The number of nitrogens with zero attached hydrogens (tertiary/aromatic N) is 1. The van der Waals surface area contributed by atoms with Gasteiger partial charge in [-0.15, -0.1) is 0 Å². The topological polar surface area (TPSA) is 24.5 Å². The van der Waals surface area contributed by atoms with Gasteiger partial charge in [0.1, 0.15) is 0 Å². The molecule has 94 valence electrons. The van der Waals surface area contributed by atoms with E-state index in [-0.39, 0.29) is 0 Å². The van der Waals surface area contributed by atoms with Gasteiger partial charge in [0.25, 0.3) is 0 Å². The Morgan fingerprint density at radius 3 is 2.88 bits per heavy atom. The van der Waals surface area contributed by atoms with E-state index in [1.54, 1.807) is 0 Å². The van der Waals surface area contributed by atoms with Crippen molar-refractivity contribution in [1.29, 1.82) is 0 Å². The fourth-order valence-corrected chi connectivity index (χ4v) is 2.31. The van der Waals surface area contributed by atoms with Crippen LogP contribution in [0.25, 0.3) is 0 Å². The summed E-state index contributed by atoms with van der Waals surface area (Å²) in [6.45, 7) is 9.81. The number of nitrogens with one attached hydrogen (secondary N) is 1. The fraction of sp³-hybridized carbons (Fsp3) is 1.00. The Labute approximate surface area is 99.5 Å². The van der Waals surface area contributed by atoms with Crippen LogP contribution in [-0.2, 0) is 4.74 Å². The molecule has 0 aromatic carbocycles. The molecule has 0 spiro atoms. The van der Waals surface area contributed by atoms with Crippen molar-refractivity contribution in [2.24, 2.45) is 5.92 Å². The minimum Gasteiger partial charge on any atom is -0.374 e. The number of hydrogen-bond acceptors (Lipinski definition) is 3. The fourth-order valence-electron chi connectivity index (χ4n) is 2.31. The van der Waals surface area contributed by atoms with Crippen molar-refractivity contribution in [2.75, 3.05) is 32.8 Å². The van der Waals surface area contributed by atoms with Crippen LogP contribution in [0.4, 0.5) is 0 Å². The molecule has 3 heteroatoms. The minimum atomic E-state index is 0.398. The summed E-state index contributed by atoms with van der Waals surface area (Å²) in [7, 11) is 0. The molecule has 1 saturated heterocycles. The summed E-state index contributed by atoms with van der Waals surface area (Å²) in [6, 6.07) is 0.651. The van der Waals surface area contributed by atoms with E-state index < -0.39 is 0 Å². The molecule has 0 amide bonds. The monoisotopic (exact) mass is 226 g/mol. The Bertz CT molecular complexity index is 204. The Kier molecular flexibility index (Phi) is 4.62. The molecule has 0 aromatic rings. The maximum atomic E-state index is 5.78. The Hall–Kier alpha value is -0.120.